The standard InChI is InChI=1S/C19H19N3OS.C18H16N2O2S.CH5N/c1-3-4-16-11-15(9-10-21-16)19-22-17(12-24-19)13-5-7-14(8-6-13)18(23)20-2;1-2-3-15-10-14(8-9-19-15)17-20-16(11-23-17)12-4-6-13(7-5-12)18(21)22;1-2/h5-12H,3-4H2,1-2H3,(H,20,23);4-11H,2-3H2,1H3,(H,21,22);2H2,1H3. The average molecular weight is 693 g/mol. The predicted octanol–water partition coefficient (Wildman–Crippen LogP) is 8.28. The van der Waals surface area contributed by atoms with Crippen LogP contribution in [0.3, 0.4) is 0 Å². The van der Waals surface area contributed by atoms with E-state index in [1.165, 1.54) is 7.05 Å². The van der Waals surface area contributed by atoms with Crippen molar-refractivity contribution in [2.45, 2.75) is 39.5 Å². The van der Waals surface area contributed by atoms with Gasteiger partial charge in [0.2, 0.25) is 0 Å². The smallest absolute Gasteiger partial charge is 0.335 e. The zero-order chi connectivity index (χ0) is 35.2. The molecular formula is C38H40N6O3S2. The molecule has 49 heavy (non-hydrogen) atoms. The molecule has 4 heterocycles. The lowest BCUT2D eigenvalue weighted by Crippen LogP contribution is -2.17. The van der Waals surface area contributed by atoms with Gasteiger partial charge in [0.05, 0.1) is 17.0 Å². The molecule has 0 unspecified atom stereocenters. The van der Waals surface area contributed by atoms with Gasteiger partial charge in [0.25, 0.3) is 5.91 Å². The molecule has 0 aliphatic heterocycles. The topological polar surface area (TPSA) is 144 Å². The highest BCUT2D eigenvalue weighted by molar-refractivity contribution is 7.13. The van der Waals surface area contributed by atoms with Crippen molar-refractivity contribution in [1.29, 1.82) is 0 Å². The van der Waals surface area contributed by atoms with Crippen LogP contribution in [0, 0.1) is 0 Å². The number of aromatic carboxylic acids is 1. The van der Waals surface area contributed by atoms with Gasteiger partial charge >= 0.3 is 5.97 Å². The number of amides is 1. The number of carbonyl (C=O) groups is 2. The van der Waals surface area contributed by atoms with E-state index < -0.39 is 5.97 Å². The Morgan fingerprint density at radius 2 is 1.10 bits per heavy atom. The number of benzene rings is 2. The molecule has 0 atom stereocenters. The molecule has 0 radical (unpaired) electrons. The van der Waals surface area contributed by atoms with Gasteiger partial charge in [-0.3, -0.25) is 14.8 Å². The Hall–Kier alpha value is -5.10. The number of hydrogen-bond acceptors (Lipinski definition) is 9. The molecule has 4 aromatic heterocycles. The summed E-state index contributed by atoms with van der Waals surface area (Å²) in [6.45, 7) is 4.29. The molecule has 0 spiro atoms. The van der Waals surface area contributed by atoms with Crippen molar-refractivity contribution < 1.29 is 14.7 Å². The first-order valence-corrected chi connectivity index (χ1v) is 17.7. The Bertz CT molecular complexity index is 1950. The van der Waals surface area contributed by atoms with Crippen LogP contribution in [0.15, 0.2) is 96.0 Å². The lowest BCUT2D eigenvalue weighted by molar-refractivity contribution is 0.0696. The summed E-state index contributed by atoms with van der Waals surface area (Å²) in [4.78, 5) is 40.7. The maximum absolute atomic E-state index is 11.6. The van der Waals surface area contributed by atoms with Crippen LogP contribution in [0.2, 0.25) is 0 Å². The van der Waals surface area contributed by atoms with Gasteiger partial charge in [0.1, 0.15) is 10.0 Å². The van der Waals surface area contributed by atoms with Crippen molar-refractivity contribution >= 4 is 34.6 Å². The first-order valence-electron chi connectivity index (χ1n) is 15.9. The first-order chi connectivity index (χ1) is 23.9. The average Bonchev–Trinajstić information content (AvgIpc) is 3.85. The number of thiazole rings is 2. The lowest BCUT2D eigenvalue weighted by Gasteiger charge is -2.02. The Morgan fingerprint density at radius 3 is 1.49 bits per heavy atom. The Labute approximate surface area is 295 Å². The van der Waals surface area contributed by atoms with E-state index in [9.17, 15) is 9.59 Å². The first kappa shape index (κ1) is 36.7. The highest BCUT2D eigenvalue weighted by atomic mass is 32.1. The minimum atomic E-state index is -0.921. The summed E-state index contributed by atoms with van der Waals surface area (Å²) in [6, 6.07) is 22.4. The Balaban J connectivity index is 0.000000210. The number of aryl methyl sites for hydroxylation is 2. The molecule has 9 nitrogen and oxygen atoms in total. The quantitative estimate of drug-likeness (QED) is 0.130. The second-order valence-corrected chi connectivity index (χ2v) is 12.4. The fourth-order valence-corrected chi connectivity index (χ4v) is 6.46. The summed E-state index contributed by atoms with van der Waals surface area (Å²) in [5.74, 6) is -1.00. The van der Waals surface area contributed by atoms with Gasteiger partial charge in [-0.15, -0.1) is 22.7 Å². The van der Waals surface area contributed by atoms with Crippen LogP contribution in [0.4, 0.5) is 0 Å². The fourth-order valence-electron chi connectivity index (χ4n) is 4.81. The van der Waals surface area contributed by atoms with Gasteiger partial charge in [0.15, 0.2) is 0 Å². The van der Waals surface area contributed by atoms with Gasteiger partial charge in [-0.2, -0.15) is 0 Å². The van der Waals surface area contributed by atoms with Gasteiger partial charge in [-0.1, -0.05) is 51.0 Å². The van der Waals surface area contributed by atoms with Crippen LogP contribution in [-0.4, -0.2) is 51.0 Å². The zero-order valence-electron chi connectivity index (χ0n) is 28.0. The molecule has 4 N–H and O–H groups in total. The molecule has 11 heteroatoms. The lowest BCUT2D eigenvalue weighted by atomic mass is 10.1. The van der Waals surface area contributed by atoms with E-state index in [0.29, 0.717) is 5.56 Å². The van der Waals surface area contributed by atoms with Crippen molar-refractivity contribution in [2.75, 3.05) is 14.1 Å². The number of nitrogens with two attached hydrogens (primary N) is 1. The van der Waals surface area contributed by atoms with E-state index in [1.807, 2.05) is 59.6 Å². The van der Waals surface area contributed by atoms with E-state index >= 15 is 0 Å². The molecule has 2 aromatic carbocycles. The number of hydrogen-bond donors (Lipinski definition) is 3. The van der Waals surface area contributed by atoms with Crippen LogP contribution in [0.1, 0.15) is 58.8 Å². The minimum Gasteiger partial charge on any atom is -0.478 e. The zero-order valence-corrected chi connectivity index (χ0v) is 29.6. The molecule has 0 bridgehead atoms. The maximum Gasteiger partial charge on any atom is 0.335 e. The van der Waals surface area contributed by atoms with E-state index in [1.54, 1.807) is 54.0 Å². The molecule has 0 saturated heterocycles. The molecule has 0 fully saturated rings. The second kappa shape index (κ2) is 18.4. The summed E-state index contributed by atoms with van der Waals surface area (Å²) in [5, 5.41) is 17.5. The Kier molecular flexibility index (Phi) is 13.8. The third kappa shape index (κ3) is 9.96. The van der Waals surface area contributed by atoms with Crippen molar-refractivity contribution in [2.24, 2.45) is 5.73 Å². The van der Waals surface area contributed by atoms with Crippen molar-refractivity contribution in [3.63, 3.8) is 0 Å². The number of pyridine rings is 2. The summed E-state index contributed by atoms with van der Waals surface area (Å²) in [6.07, 6.45) is 7.76. The highest BCUT2D eigenvalue weighted by Gasteiger charge is 2.11. The molecule has 0 aliphatic carbocycles. The number of carbonyl (C=O) groups excluding carboxylic acids is 1. The molecule has 6 rings (SSSR count). The van der Waals surface area contributed by atoms with Crippen LogP contribution < -0.4 is 11.1 Å². The van der Waals surface area contributed by atoms with Crippen LogP contribution >= 0.6 is 22.7 Å². The predicted molar refractivity (Wildman–Crippen MR) is 200 cm³/mol. The maximum atomic E-state index is 11.6. The van der Waals surface area contributed by atoms with Crippen molar-refractivity contribution in [1.82, 2.24) is 25.3 Å². The van der Waals surface area contributed by atoms with Crippen LogP contribution in [0.25, 0.3) is 43.7 Å². The SMILES string of the molecule is CCCc1cc(-c2nc(-c3ccc(C(=O)NC)cc3)cs2)ccn1.CCCc1cc(-c2nc(-c3ccc(C(=O)O)cc3)cs2)ccn1.CN. The van der Waals surface area contributed by atoms with Gasteiger partial charge < -0.3 is 16.2 Å². The number of rotatable bonds is 10. The third-order valence-electron chi connectivity index (χ3n) is 7.25. The van der Waals surface area contributed by atoms with E-state index in [2.05, 4.69) is 52.0 Å². The molecule has 252 valence electrons. The fraction of sp³-hybridized carbons (Fsp3) is 0.211. The molecule has 0 aliphatic rings. The second-order valence-electron chi connectivity index (χ2n) is 10.7. The number of carboxylic acid groups (broad SMARTS) is 1. The summed E-state index contributed by atoms with van der Waals surface area (Å²) >= 11 is 3.20. The number of aromatic nitrogens is 4. The number of carboxylic acids is 1. The van der Waals surface area contributed by atoms with Gasteiger partial charge in [-0.05, 0) is 68.4 Å². The summed E-state index contributed by atoms with van der Waals surface area (Å²) in [5.41, 5.74) is 13.5. The number of nitrogens with one attached hydrogen (secondary N) is 1. The van der Waals surface area contributed by atoms with Gasteiger partial charge in [-0.25, -0.2) is 14.8 Å². The largest absolute Gasteiger partial charge is 0.478 e. The molecule has 1 amide bonds. The van der Waals surface area contributed by atoms with Crippen LogP contribution in [-0.2, 0) is 12.8 Å². The normalized spacial score (nSPS) is 10.3. The number of nitrogens with zero attached hydrogens (tertiary/aromatic N) is 4. The summed E-state index contributed by atoms with van der Waals surface area (Å²) in [7, 11) is 3.13. The van der Waals surface area contributed by atoms with E-state index in [4.69, 9.17) is 10.1 Å². The molecular weight excluding hydrogens is 653 g/mol. The third-order valence-corrected chi connectivity index (χ3v) is 9.03. The molecule has 0 saturated carbocycles. The van der Waals surface area contributed by atoms with Gasteiger partial charge in [0, 0.05) is 69.4 Å². The summed E-state index contributed by atoms with van der Waals surface area (Å²) < 4.78 is 0. The van der Waals surface area contributed by atoms with Crippen molar-refractivity contribution in [3.05, 3.63) is 118 Å². The van der Waals surface area contributed by atoms with E-state index in [-0.39, 0.29) is 11.5 Å². The van der Waals surface area contributed by atoms with Crippen molar-refractivity contribution in [3.8, 4) is 43.7 Å². The Morgan fingerprint density at radius 1 is 0.673 bits per heavy atom. The monoisotopic (exact) mass is 692 g/mol. The molecule has 6 aromatic rings. The van der Waals surface area contributed by atoms with E-state index in [0.717, 1.165) is 80.7 Å². The minimum absolute atomic E-state index is 0.0826. The van der Waals surface area contributed by atoms with Crippen LogP contribution in [0.5, 0.6) is 0 Å². The highest BCUT2D eigenvalue weighted by Crippen LogP contribution is 2.30.